The van der Waals surface area contributed by atoms with E-state index in [1.54, 1.807) is 32.4 Å². The van der Waals surface area contributed by atoms with Gasteiger partial charge >= 0.3 is 0 Å². The molecule has 0 saturated heterocycles. The van der Waals surface area contributed by atoms with Crippen molar-refractivity contribution in [2.24, 2.45) is 0 Å². The Hall–Kier alpha value is -2.93. The Balaban J connectivity index is 1.57. The summed E-state index contributed by atoms with van der Waals surface area (Å²) in [5.74, 6) is 2.04. The zero-order valence-corrected chi connectivity index (χ0v) is 17.5. The molecule has 1 N–H and O–H groups in total. The SMILES string of the molecule is CCN1C[C@H](CN(C)CC(=O)Nc2cc(OC)cc(OC)c2)Oc2ccccc21. The van der Waals surface area contributed by atoms with Crippen LogP contribution in [-0.4, -0.2) is 64.4 Å². The Morgan fingerprint density at radius 3 is 2.55 bits per heavy atom. The first kappa shape index (κ1) is 20.8. The second-order valence-electron chi connectivity index (χ2n) is 7.09. The highest BCUT2D eigenvalue weighted by Crippen LogP contribution is 2.32. The average Bonchev–Trinajstić information content (AvgIpc) is 2.72. The molecular formula is C22H29N3O4. The minimum atomic E-state index is -0.105. The quantitative estimate of drug-likeness (QED) is 0.737. The fraction of sp³-hybridized carbons (Fsp3) is 0.409. The van der Waals surface area contributed by atoms with Gasteiger partial charge in [-0.05, 0) is 26.1 Å². The molecule has 1 aliphatic rings. The van der Waals surface area contributed by atoms with Crippen molar-refractivity contribution in [1.29, 1.82) is 0 Å². The number of carbonyl (C=O) groups excluding carboxylic acids is 1. The van der Waals surface area contributed by atoms with Crippen molar-refractivity contribution in [2.45, 2.75) is 13.0 Å². The Bertz CT molecular complexity index is 820. The van der Waals surface area contributed by atoms with Gasteiger partial charge in [0.2, 0.25) is 5.91 Å². The van der Waals surface area contributed by atoms with Gasteiger partial charge in [0, 0.05) is 37.0 Å². The summed E-state index contributed by atoms with van der Waals surface area (Å²) in [5, 5.41) is 2.90. The second-order valence-corrected chi connectivity index (χ2v) is 7.09. The van der Waals surface area contributed by atoms with Crippen LogP contribution in [0.1, 0.15) is 6.92 Å². The summed E-state index contributed by atoms with van der Waals surface area (Å²) < 4.78 is 16.6. The number of hydrogen-bond donors (Lipinski definition) is 1. The molecule has 0 aromatic heterocycles. The monoisotopic (exact) mass is 399 g/mol. The van der Waals surface area contributed by atoms with Gasteiger partial charge in [0.1, 0.15) is 23.4 Å². The molecule has 1 atom stereocenters. The number of hydrogen-bond acceptors (Lipinski definition) is 6. The number of likely N-dealkylation sites (N-methyl/N-ethyl adjacent to an activating group) is 2. The van der Waals surface area contributed by atoms with Gasteiger partial charge in [-0.1, -0.05) is 12.1 Å². The lowest BCUT2D eigenvalue weighted by molar-refractivity contribution is -0.117. The highest BCUT2D eigenvalue weighted by Gasteiger charge is 2.25. The van der Waals surface area contributed by atoms with Crippen molar-refractivity contribution in [3.8, 4) is 17.2 Å². The minimum Gasteiger partial charge on any atom is -0.497 e. The summed E-state index contributed by atoms with van der Waals surface area (Å²) in [7, 11) is 5.08. The minimum absolute atomic E-state index is 0.000404. The number of nitrogens with one attached hydrogen (secondary N) is 1. The van der Waals surface area contributed by atoms with E-state index < -0.39 is 0 Å². The average molecular weight is 399 g/mol. The van der Waals surface area contributed by atoms with E-state index in [-0.39, 0.29) is 18.6 Å². The van der Waals surface area contributed by atoms with Crippen LogP contribution in [0.2, 0.25) is 0 Å². The van der Waals surface area contributed by atoms with Crippen LogP contribution in [0.5, 0.6) is 17.2 Å². The molecule has 1 aliphatic heterocycles. The topological polar surface area (TPSA) is 63.3 Å². The summed E-state index contributed by atoms with van der Waals surface area (Å²) in [5.41, 5.74) is 1.76. The molecule has 1 heterocycles. The molecule has 0 saturated carbocycles. The Kier molecular flexibility index (Phi) is 6.82. The van der Waals surface area contributed by atoms with Crippen LogP contribution in [-0.2, 0) is 4.79 Å². The smallest absolute Gasteiger partial charge is 0.238 e. The van der Waals surface area contributed by atoms with Crippen LogP contribution in [0.4, 0.5) is 11.4 Å². The number of ether oxygens (including phenoxy) is 3. The Morgan fingerprint density at radius 2 is 1.90 bits per heavy atom. The molecule has 0 unspecified atom stereocenters. The molecule has 0 aliphatic carbocycles. The first-order valence-electron chi connectivity index (χ1n) is 9.74. The maximum absolute atomic E-state index is 12.5. The van der Waals surface area contributed by atoms with Gasteiger partial charge in [-0.2, -0.15) is 0 Å². The van der Waals surface area contributed by atoms with Crippen LogP contribution < -0.4 is 24.4 Å². The Morgan fingerprint density at radius 1 is 1.21 bits per heavy atom. The Labute approximate surface area is 172 Å². The standard InChI is InChI=1S/C22H29N3O4/c1-5-25-14-19(29-21-9-7-6-8-20(21)25)13-24(2)15-22(26)23-16-10-17(27-3)12-18(11-16)28-4/h6-12,19H,5,13-15H2,1-4H3,(H,23,26)/t19-/m0/s1. The van der Waals surface area contributed by atoms with Gasteiger partial charge in [0.05, 0.1) is 33.0 Å². The van der Waals surface area contributed by atoms with Crippen LogP contribution in [0.25, 0.3) is 0 Å². The number of fused-ring (bicyclic) bond motifs is 1. The van der Waals surface area contributed by atoms with E-state index in [1.807, 2.05) is 30.1 Å². The van der Waals surface area contributed by atoms with Gasteiger partial charge in [0.25, 0.3) is 0 Å². The zero-order valence-electron chi connectivity index (χ0n) is 17.5. The van der Waals surface area contributed by atoms with Gasteiger partial charge in [-0.15, -0.1) is 0 Å². The lowest BCUT2D eigenvalue weighted by atomic mass is 10.2. The molecule has 0 spiro atoms. The fourth-order valence-electron chi connectivity index (χ4n) is 3.51. The summed E-state index contributed by atoms with van der Waals surface area (Å²) in [4.78, 5) is 16.8. The summed E-state index contributed by atoms with van der Waals surface area (Å²) in [6, 6.07) is 13.4. The molecule has 2 aromatic carbocycles. The third-order valence-electron chi connectivity index (χ3n) is 4.87. The van der Waals surface area contributed by atoms with E-state index in [9.17, 15) is 4.79 Å². The van der Waals surface area contributed by atoms with Crippen molar-refractivity contribution in [3.63, 3.8) is 0 Å². The zero-order chi connectivity index (χ0) is 20.8. The number of methoxy groups -OCH3 is 2. The molecule has 7 nitrogen and oxygen atoms in total. The lowest BCUT2D eigenvalue weighted by Crippen LogP contribution is -2.46. The third kappa shape index (κ3) is 5.32. The maximum atomic E-state index is 12.5. The lowest BCUT2D eigenvalue weighted by Gasteiger charge is -2.37. The molecule has 0 fully saturated rings. The molecule has 156 valence electrons. The van der Waals surface area contributed by atoms with Crippen LogP contribution in [0, 0.1) is 0 Å². The van der Waals surface area contributed by atoms with Crippen molar-refractivity contribution >= 4 is 17.3 Å². The molecule has 29 heavy (non-hydrogen) atoms. The largest absolute Gasteiger partial charge is 0.497 e. The predicted octanol–water partition coefficient (Wildman–Crippen LogP) is 2.86. The maximum Gasteiger partial charge on any atom is 0.238 e. The summed E-state index contributed by atoms with van der Waals surface area (Å²) in [6.45, 7) is 4.76. The van der Waals surface area contributed by atoms with Gasteiger partial charge in [-0.3, -0.25) is 9.69 Å². The fourth-order valence-corrected chi connectivity index (χ4v) is 3.51. The van der Waals surface area contributed by atoms with Gasteiger partial charge in [0.15, 0.2) is 0 Å². The van der Waals surface area contributed by atoms with E-state index >= 15 is 0 Å². The molecule has 3 rings (SSSR count). The van der Waals surface area contributed by atoms with Gasteiger partial charge < -0.3 is 24.4 Å². The molecule has 2 aromatic rings. The molecule has 0 bridgehead atoms. The van der Waals surface area contributed by atoms with Crippen LogP contribution in [0.15, 0.2) is 42.5 Å². The van der Waals surface area contributed by atoms with Gasteiger partial charge in [-0.25, -0.2) is 0 Å². The molecular weight excluding hydrogens is 370 g/mol. The first-order chi connectivity index (χ1) is 14.0. The second kappa shape index (κ2) is 9.52. The predicted molar refractivity (Wildman–Crippen MR) is 114 cm³/mol. The van der Waals surface area contributed by atoms with Crippen molar-refractivity contribution in [2.75, 3.05) is 57.7 Å². The number of anilines is 2. The van der Waals surface area contributed by atoms with E-state index in [1.165, 1.54) is 0 Å². The van der Waals surface area contributed by atoms with Crippen molar-refractivity contribution in [3.05, 3.63) is 42.5 Å². The first-order valence-corrected chi connectivity index (χ1v) is 9.74. The van der Waals surface area contributed by atoms with E-state index in [0.717, 1.165) is 24.5 Å². The summed E-state index contributed by atoms with van der Waals surface area (Å²) >= 11 is 0. The number of rotatable bonds is 8. The number of para-hydroxylation sites is 2. The number of nitrogens with zero attached hydrogens (tertiary/aromatic N) is 2. The van der Waals surface area contributed by atoms with Crippen LogP contribution >= 0.6 is 0 Å². The normalized spacial score (nSPS) is 15.5. The highest BCUT2D eigenvalue weighted by atomic mass is 16.5. The molecule has 7 heteroatoms. The van der Waals surface area contributed by atoms with E-state index in [2.05, 4.69) is 23.2 Å². The molecule has 1 amide bonds. The van der Waals surface area contributed by atoms with Crippen molar-refractivity contribution < 1.29 is 19.0 Å². The van der Waals surface area contributed by atoms with Crippen LogP contribution in [0.3, 0.4) is 0 Å². The summed E-state index contributed by atoms with van der Waals surface area (Å²) in [6.07, 6.45) is -0.000404. The van der Waals surface area contributed by atoms with E-state index in [0.29, 0.717) is 23.7 Å². The highest BCUT2D eigenvalue weighted by molar-refractivity contribution is 5.92. The van der Waals surface area contributed by atoms with Crippen molar-refractivity contribution in [1.82, 2.24) is 4.90 Å². The van der Waals surface area contributed by atoms with E-state index in [4.69, 9.17) is 14.2 Å². The number of benzene rings is 2. The number of amides is 1. The molecule has 0 radical (unpaired) electrons. The third-order valence-corrected chi connectivity index (χ3v) is 4.87. The number of carbonyl (C=O) groups is 1.